The van der Waals surface area contributed by atoms with Crippen molar-refractivity contribution >= 4 is 78.3 Å². The van der Waals surface area contributed by atoms with Crippen LogP contribution in [0.1, 0.15) is 33.6 Å². The van der Waals surface area contributed by atoms with Gasteiger partial charge in [-0.2, -0.15) is 18.2 Å². The maximum Gasteiger partial charge on any atom is 0.301 e. The Labute approximate surface area is 337 Å². The number of hydrogen-bond donors (Lipinski definition) is 1. The number of nitrogens with two attached hydrogens (primary N) is 1. The molecule has 0 spiro atoms. The average Bonchev–Trinajstić information content (AvgIpc) is 3.17. The number of halogens is 2. The van der Waals surface area contributed by atoms with Gasteiger partial charge in [-0.25, -0.2) is 0 Å². The number of benzene rings is 3. The molecule has 20 heteroatoms. The predicted octanol–water partition coefficient (Wildman–Crippen LogP) is 6.63. The first kappa shape index (κ1) is 46.8. The molecule has 0 fully saturated rings. The summed E-state index contributed by atoms with van der Waals surface area (Å²) in [4.78, 5) is 47.3. The quantitative estimate of drug-likeness (QED) is 0.0652. The number of nitro groups is 2. The van der Waals surface area contributed by atoms with Crippen LogP contribution >= 0.6 is 23.2 Å². The lowest BCUT2D eigenvalue weighted by Crippen LogP contribution is -2.38. The smallest absolute Gasteiger partial charge is 0.301 e. The number of alkyl halides is 1. The molecule has 3 aromatic carbocycles. The van der Waals surface area contributed by atoms with Crippen LogP contribution < -0.4 is 21.1 Å². The summed E-state index contributed by atoms with van der Waals surface area (Å²) in [5.41, 5.74) is 5.27. The van der Waals surface area contributed by atoms with Gasteiger partial charge in [-0.15, -0.1) is 21.8 Å². The number of anilines is 3. The maximum atomic E-state index is 12.3. The van der Waals surface area contributed by atoms with Gasteiger partial charge in [0.25, 0.3) is 15.6 Å². The number of amides is 1. The molecule has 0 radical (unpaired) electrons. The van der Waals surface area contributed by atoms with Crippen molar-refractivity contribution in [3.63, 3.8) is 0 Å². The molecule has 0 aliphatic carbocycles. The van der Waals surface area contributed by atoms with Gasteiger partial charge < -0.3 is 10.6 Å². The molecule has 1 amide bonds. The van der Waals surface area contributed by atoms with E-state index in [-0.39, 0.29) is 34.2 Å². The lowest BCUT2D eigenvalue weighted by molar-refractivity contribution is -0.393. The van der Waals surface area contributed by atoms with Crippen LogP contribution in [0.15, 0.2) is 92.5 Å². The lowest BCUT2D eigenvalue weighted by atomic mass is 10.2. The van der Waals surface area contributed by atoms with Crippen LogP contribution in [0.25, 0.3) is 5.69 Å². The number of rotatable bonds is 13. The monoisotopic (exact) mass is 848 g/mol. The number of carbonyl (C=O) groups excluding carboxylic acids is 1. The fourth-order valence-electron chi connectivity index (χ4n) is 4.95. The molecule has 0 saturated heterocycles. The molecule has 1 heterocycles. The van der Waals surface area contributed by atoms with Crippen molar-refractivity contribution < 1.29 is 23.1 Å². The highest BCUT2D eigenvalue weighted by Gasteiger charge is 2.33. The Morgan fingerprint density at radius 2 is 1.52 bits per heavy atom. The number of nitro benzene ring substituents is 2. The minimum absolute atomic E-state index is 0.00569. The summed E-state index contributed by atoms with van der Waals surface area (Å²) in [6, 6.07) is 19.7. The number of terminal acetylenes is 1. The van der Waals surface area contributed by atoms with Crippen LogP contribution in [-0.2, 0) is 25.5 Å². The molecule has 2 N–H and O–H groups in total. The van der Waals surface area contributed by atoms with Crippen molar-refractivity contribution in [2.24, 2.45) is 3.77 Å². The number of sulfonamides is 1. The number of nitrogens with zero attached hydrogens (tertiary/aromatic N) is 7. The first-order valence-electron chi connectivity index (χ1n) is 16.7. The summed E-state index contributed by atoms with van der Waals surface area (Å²) in [5, 5.41) is 27.0. The highest BCUT2D eigenvalue weighted by molar-refractivity contribution is 7.99. The highest BCUT2D eigenvalue weighted by atomic mass is 35.5. The summed E-state index contributed by atoms with van der Waals surface area (Å²) >= 11 is 11.3. The second-order valence-electron chi connectivity index (χ2n) is 11.7. The number of nitrogen functional groups attached to an aromatic ring is 1. The Hall–Kier alpha value is -5.35. The third-order valence-corrected chi connectivity index (χ3v) is 10.7. The number of hydrogen-bond acceptors (Lipinski definition) is 11. The third-order valence-electron chi connectivity index (χ3n) is 7.28. The van der Waals surface area contributed by atoms with Crippen LogP contribution in [0.3, 0.4) is 0 Å². The van der Waals surface area contributed by atoms with Gasteiger partial charge in [-0.3, -0.25) is 34.7 Å². The molecular formula is C36H42Cl2N8O8S2. The minimum atomic E-state index is -4.23. The minimum Gasteiger partial charge on any atom is -0.396 e. The topological polar surface area (TPSA) is 217 Å². The van der Waals surface area contributed by atoms with Gasteiger partial charge in [0.2, 0.25) is 5.91 Å². The molecule has 4 aromatic rings. The fourth-order valence-corrected chi connectivity index (χ4v) is 7.65. The average molecular weight is 850 g/mol. The van der Waals surface area contributed by atoms with Crippen molar-refractivity contribution in [1.82, 2.24) is 9.78 Å². The summed E-state index contributed by atoms with van der Waals surface area (Å²) in [7, 11) is -5.08. The van der Waals surface area contributed by atoms with Crippen LogP contribution in [0.2, 0.25) is 5.02 Å². The van der Waals surface area contributed by atoms with E-state index in [9.17, 15) is 38.2 Å². The summed E-state index contributed by atoms with van der Waals surface area (Å²) in [5.74, 6) is 2.27. The van der Waals surface area contributed by atoms with Crippen LogP contribution in [-0.4, -0.2) is 71.5 Å². The zero-order chi connectivity index (χ0) is 42.2. The zero-order valence-corrected chi connectivity index (χ0v) is 34.4. The normalized spacial score (nSPS) is 11.1. The van der Waals surface area contributed by atoms with Crippen molar-refractivity contribution in [3.8, 4) is 18.0 Å². The molecule has 1 unspecified atom stereocenters. The SMILES string of the molecule is C#CC(C)N(C(=O)CCl)c1ccccc1.CCCN(CCC)c1c([N+](=O)[O-])cc(S(=O)(=O)N=S(C)C)cc1[N+](=O)[O-].Nc1cnn(-c2ccccc2)c(=O)c1Cl. The van der Waals surface area contributed by atoms with Crippen molar-refractivity contribution in [1.29, 1.82) is 0 Å². The Morgan fingerprint density at radius 3 is 1.95 bits per heavy atom. The molecule has 4 rings (SSSR count). The second kappa shape index (κ2) is 22.3. The van der Waals surface area contributed by atoms with Crippen molar-refractivity contribution in [3.05, 3.63) is 115 Å². The van der Waals surface area contributed by atoms with E-state index in [0.29, 0.717) is 31.6 Å². The lowest BCUT2D eigenvalue weighted by Gasteiger charge is -2.25. The van der Waals surface area contributed by atoms with Gasteiger partial charge in [0.15, 0.2) is 5.69 Å². The van der Waals surface area contributed by atoms with E-state index in [4.69, 9.17) is 35.4 Å². The number of aromatic nitrogens is 2. The largest absolute Gasteiger partial charge is 0.396 e. The van der Waals surface area contributed by atoms with Gasteiger partial charge in [0.05, 0.1) is 33.5 Å². The standard InChI is InChI=1S/C14H22N4O6S2.C12H12ClNO.C10H8ClN3O/c1-5-7-16(8-6-2)14-12(17(19)20)9-11(10-13(14)18(21)22)26(23,24)15-25(3)4;1-3-10(2)14(12(15)9-13)11-7-5-4-6-8-11;11-9-8(12)6-13-14(10(9)15)7-4-2-1-3-5-7/h9-10H,5-8H2,1-4H3;1,4-8,10H,9H2,2H3;1-6H,12H2. The van der Waals surface area contributed by atoms with Gasteiger partial charge in [-0.1, -0.05) is 78.5 Å². The first-order chi connectivity index (χ1) is 26.4. The summed E-state index contributed by atoms with van der Waals surface area (Å²) < 4.78 is 29.4. The van der Waals surface area contributed by atoms with E-state index >= 15 is 0 Å². The summed E-state index contributed by atoms with van der Waals surface area (Å²) in [6.45, 7) is 6.24. The molecule has 16 nitrogen and oxygen atoms in total. The number of carbonyl (C=O) groups is 1. The van der Waals surface area contributed by atoms with Gasteiger partial charge in [-0.05, 0) is 56.5 Å². The fraction of sp³-hybridized carbons (Fsp3) is 0.306. The molecule has 1 aromatic heterocycles. The predicted molar refractivity (Wildman–Crippen MR) is 224 cm³/mol. The Kier molecular flexibility index (Phi) is 18.6. The first-order valence-corrected chi connectivity index (χ1v) is 21.1. The molecule has 0 aliphatic rings. The molecule has 300 valence electrons. The van der Waals surface area contributed by atoms with Crippen molar-refractivity contribution in [2.45, 2.75) is 44.6 Å². The van der Waals surface area contributed by atoms with Gasteiger partial charge >= 0.3 is 11.4 Å². The van der Waals surface area contributed by atoms with Crippen LogP contribution in [0, 0.1) is 32.6 Å². The molecule has 1 atom stereocenters. The molecule has 0 saturated carbocycles. The van der Waals surface area contributed by atoms with E-state index < -0.39 is 52.4 Å². The molecular weight excluding hydrogens is 807 g/mol. The van der Waals surface area contributed by atoms with E-state index in [0.717, 1.165) is 17.8 Å². The Bertz CT molecular complexity index is 2190. The zero-order valence-electron chi connectivity index (χ0n) is 31.2. The van der Waals surface area contributed by atoms with Crippen LogP contribution in [0.4, 0.5) is 28.4 Å². The van der Waals surface area contributed by atoms with Crippen molar-refractivity contribution in [2.75, 3.05) is 47.0 Å². The Morgan fingerprint density at radius 1 is 1.02 bits per heavy atom. The summed E-state index contributed by atoms with van der Waals surface area (Å²) in [6.07, 6.45) is 11.0. The number of para-hydroxylation sites is 2. The van der Waals surface area contributed by atoms with E-state index in [1.54, 1.807) is 36.5 Å². The van der Waals surface area contributed by atoms with Gasteiger partial charge in [0, 0.05) is 30.9 Å². The van der Waals surface area contributed by atoms with E-state index in [1.165, 1.54) is 15.8 Å². The van der Waals surface area contributed by atoms with E-state index in [2.05, 4.69) is 14.8 Å². The van der Waals surface area contributed by atoms with Gasteiger partial charge in [0.1, 0.15) is 15.8 Å². The second-order valence-corrected chi connectivity index (χ2v) is 15.9. The van der Waals surface area contributed by atoms with Crippen LogP contribution in [0.5, 0.6) is 0 Å². The molecule has 0 bridgehead atoms. The maximum absolute atomic E-state index is 12.3. The molecule has 0 aliphatic heterocycles. The third kappa shape index (κ3) is 12.9. The highest BCUT2D eigenvalue weighted by Crippen LogP contribution is 2.40. The Balaban J connectivity index is 0.000000308. The van der Waals surface area contributed by atoms with E-state index in [1.807, 2.05) is 62.4 Å². The molecule has 56 heavy (non-hydrogen) atoms.